The Morgan fingerprint density at radius 3 is 2.41 bits per heavy atom. The van der Waals surface area contributed by atoms with Crippen LogP contribution in [0.4, 0.5) is 11.4 Å². The molecule has 2 aliphatic heterocycles. The standard InChI is InChI=1S/C27H28N2O5/c1-16-4-3-5-20(12-16)28-15-18(14-24(28)30)27(33)34-21-9-7-19(8-10-21)29-25(31)22-11-6-17(2)13-23(22)26(29)32/h3-5,7-10,12,17-18,22-23H,6,11,13-15H2,1-2H3. The van der Waals surface area contributed by atoms with Crippen LogP contribution < -0.4 is 14.5 Å². The third-order valence-corrected chi connectivity index (χ3v) is 7.27. The van der Waals surface area contributed by atoms with Crippen LogP contribution in [0.15, 0.2) is 48.5 Å². The number of amides is 3. The fourth-order valence-corrected chi connectivity index (χ4v) is 5.42. The van der Waals surface area contributed by atoms with Gasteiger partial charge in [0.15, 0.2) is 0 Å². The third kappa shape index (κ3) is 4.00. The third-order valence-electron chi connectivity index (χ3n) is 7.27. The van der Waals surface area contributed by atoms with Gasteiger partial charge in [-0.1, -0.05) is 19.1 Å². The highest BCUT2D eigenvalue weighted by Crippen LogP contribution is 2.42. The van der Waals surface area contributed by atoms with Gasteiger partial charge in [0.2, 0.25) is 17.7 Å². The van der Waals surface area contributed by atoms with Crippen LogP contribution in [-0.2, 0) is 19.2 Å². The van der Waals surface area contributed by atoms with Gasteiger partial charge in [-0.3, -0.25) is 24.1 Å². The summed E-state index contributed by atoms with van der Waals surface area (Å²) in [7, 11) is 0. The van der Waals surface area contributed by atoms with Gasteiger partial charge >= 0.3 is 5.97 Å². The second kappa shape index (κ2) is 8.70. The van der Waals surface area contributed by atoms with Crippen molar-refractivity contribution in [1.82, 2.24) is 0 Å². The maximum atomic E-state index is 12.9. The first-order chi connectivity index (χ1) is 16.3. The average Bonchev–Trinajstić information content (AvgIpc) is 3.32. The first kappa shape index (κ1) is 22.3. The van der Waals surface area contributed by atoms with Gasteiger partial charge in [0.1, 0.15) is 5.75 Å². The SMILES string of the molecule is Cc1cccc(N2CC(C(=O)Oc3ccc(N4C(=O)C5CCC(C)CC5C4=O)cc3)CC2=O)c1. The van der Waals surface area contributed by atoms with Gasteiger partial charge in [-0.2, -0.15) is 0 Å². The van der Waals surface area contributed by atoms with Crippen molar-refractivity contribution >= 4 is 35.1 Å². The molecule has 176 valence electrons. The van der Waals surface area contributed by atoms with Crippen molar-refractivity contribution in [2.45, 2.75) is 39.5 Å². The Hall–Kier alpha value is -3.48. The Morgan fingerprint density at radius 1 is 0.941 bits per heavy atom. The lowest BCUT2D eigenvalue weighted by Gasteiger charge is -2.25. The molecule has 2 saturated heterocycles. The first-order valence-corrected chi connectivity index (χ1v) is 11.9. The van der Waals surface area contributed by atoms with Crippen LogP contribution in [-0.4, -0.2) is 30.2 Å². The highest BCUT2D eigenvalue weighted by atomic mass is 16.5. The number of benzene rings is 2. The summed E-state index contributed by atoms with van der Waals surface area (Å²) >= 11 is 0. The van der Waals surface area contributed by atoms with Gasteiger partial charge in [0, 0.05) is 18.7 Å². The van der Waals surface area contributed by atoms with Crippen LogP contribution in [0.3, 0.4) is 0 Å². The zero-order chi connectivity index (χ0) is 24.0. The lowest BCUT2D eigenvalue weighted by Crippen LogP contribution is -2.30. The molecule has 5 rings (SSSR count). The predicted octanol–water partition coefficient (Wildman–Crippen LogP) is 3.88. The number of carbonyl (C=O) groups excluding carboxylic acids is 4. The Morgan fingerprint density at radius 2 is 1.68 bits per heavy atom. The molecule has 3 fully saturated rings. The van der Waals surface area contributed by atoms with E-state index in [1.807, 2.05) is 31.2 Å². The molecule has 3 amide bonds. The van der Waals surface area contributed by atoms with Crippen LogP contribution in [0.5, 0.6) is 5.75 Å². The van der Waals surface area contributed by atoms with Crippen LogP contribution >= 0.6 is 0 Å². The summed E-state index contributed by atoms with van der Waals surface area (Å²) in [4.78, 5) is 53.9. The number of hydrogen-bond acceptors (Lipinski definition) is 5. The molecule has 4 atom stereocenters. The van der Waals surface area contributed by atoms with Crippen LogP contribution in [0.25, 0.3) is 0 Å². The summed E-state index contributed by atoms with van der Waals surface area (Å²) in [6.07, 6.45) is 2.57. The number of hydrogen-bond donors (Lipinski definition) is 0. The van der Waals surface area contributed by atoms with Gasteiger partial charge < -0.3 is 9.64 Å². The topological polar surface area (TPSA) is 84.0 Å². The summed E-state index contributed by atoms with van der Waals surface area (Å²) in [5.74, 6) is -1.08. The molecule has 2 aromatic rings. The van der Waals surface area contributed by atoms with E-state index in [1.54, 1.807) is 29.2 Å². The fourth-order valence-electron chi connectivity index (χ4n) is 5.42. The van der Waals surface area contributed by atoms with E-state index < -0.39 is 11.9 Å². The monoisotopic (exact) mass is 460 g/mol. The number of fused-ring (bicyclic) bond motifs is 1. The lowest BCUT2D eigenvalue weighted by molar-refractivity contribution is -0.139. The van der Waals surface area contributed by atoms with Crippen molar-refractivity contribution in [3.05, 3.63) is 54.1 Å². The van der Waals surface area contributed by atoms with Crippen LogP contribution in [0, 0.1) is 30.6 Å². The van der Waals surface area contributed by atoms with Gasteiger partial charge in [0.05, 0.1) is 23.4 Å². The molecule has 1 saturated carbocycles. The Bertz CT molecular complexity index is 1160. The molecule has 7 nitrogen and oxygen atoms in total. The molecule has 0 radical (unpaired) electrons. The number of anilines is 2. The minimum atomic E-state index is -0.556. The summed E-state index contributed by atoms with van der Waals surface area (Å²) < 4.78 is 5.53. The van der Waals surface area contributed by atoms with Crippen molar-refractivity contribution in [3.63, 3.8) is 0 Å². The predicted molar refractivity (Wildman–Crippen MR) is 126 cm³/mol. The summed E-state index contributed by atoms with van der Waals surface area (Å²) in [5.41, 5.74) is 2.32. The van der Waals surface area contributed by atoms with Gasteiger partial charge in [0.25, 0.3) is 0 Å². The summed E-state index contributed by atoms with van der Waals surface area (Å²) in [6.45, 7) is 4.35. The minimum Gasteiger partial charge on any atom is -0.426 e. The van der Waals surface area contributed by atoms with Gasteiger partial charge in [-0.15, -0.1) is 0 Å². The number of aryl methyl sites for hydroxylation is 1. The lowest BCUT2D eigenvalue weighted by atomic mass is 9.76. The summed E-state index contributed by atoms with van der Waals surface area (Å²) in [6, 6.07) is 14.1. The normalized spacial score (nSPS) is 26.7. The Labute approximate surface area is 198 Å². The molecule has 2 heterocycles. The maximum Gasteiger partial charge on any atom is 0.316 e. The zero-order valence-electron chi connectivity index (χ0n) is 19.4. The number of imide groups is 1. The molecule has 7 heteroatoms. The minimum absolute atomic E-state index is 0.100. The molecule has 2 aromatic carbocycles. The molecular weight excluding hydrogens is 432 g/mol. The molecular formula is C27H28N2O5. The molecule has 34 heavy (non-hydrogen) atoms. The van der Waals surface area contributed by atoms with E-state index in [9.17, 15) is 19.2 Å². The fraction of sp³-hybridized carbons (Fsp3) is 0.407. The van der Waals surface area contributed by atoms with E-state index in [0.29, 0.717) is 17.4 Å². The maximum absolute atomic E-state index is 12.9. The quantitative estimate of drug-likeness (QED) is 0.393. The molecule has 4 unspecified atom stereocenters. The average molecular weight is 461 g/mol. The van der Waals surface area contributed by atoms with E-state index in [4.69, 9.17) is 4.74 Å². The number of nitrogens with zero attached hydrogens (tertiary/aromatic N) is 2. The number of rotatable bonds is 4. The van der Waals surface area contributed by atoms with Crippen LogP contribution in [0.2, 0.25) is 0 Å². The van der Waals surface area contributed by atoms with Crippen molar-refractivity contribution in [3.8, 4) is 5.75 Å². The van der Waals surface area contributed by atoms with E-state index >= 15 is 0 Å². The van der Waals surface area contributed by atoms with Crippen molar-refractivity contribution < 1.29 is 23.9 Å². The molecule has 3 aliphatic rings. The van der Waals surface area contributed by atoms with E-state index in [0.717, 1.165) is 30.5 Å². The molecule has 0 aromatic heterocycles. The summed E-state index contributed by atoms with van der Waals surface area (Å²) in [5, 5.41) is 0. The second-order valence-electron chi connectivity index (χ2n) is 9.80. The van der Waals surface area contributed by atoms with Gasteiger partial charge in [-0.05, 0) is 74.1 Å². The molecule has 0 N–H and O–H groups in total. The van der Waals surface area contributed by atoms with E-state index in [1.165, 1.54) is 4.90 Å². The smallest absolute Gasteiger partial charge is 0.316 e. The molecule has 1 aliphatic carbocycles. The number of esters is 1. The van der Waals surface area contributed by atoms with Crippen molar-refractivity contribution in [1.29, 1.82) is 0 Å². The zero-order valence-corrected chi connectivity index (χ0v) is 19.4. The van der Waals surface area contributed by atoms with Crippen molar-refractivity contribution in [2.75, 3.05) is 16.3 Å². The molecule has 0 spiro atoms. The second-order valence-corrected chi connectivity index (χ2v) is 9.80. The van der Waals surface area contributed by atoms with E-state index in [-0.39, 0.29) is 42.5 Å². The number of ether oxygens (including phenoxy) is 1. The Balaban J connectivity index is 1.24. The molecule has 0 bridgehead atoms. The largest absolute Gasteiger partial charge is 0.426 e. The Kier molecular flexibility index (Phi) is 5.71. The van der Waals surface area contributed by atoms with Crippen molar-refractivity contribution in [2.24, 2.45) is 23.7 Å². The van der Waals surface area contributed by atoms with Gasteiger partial charge in [-0.25, -0.2) is 0 Å². The van der Waals surface area contributed by atoms with E-state index in [2.05, 4.69) is 6.92 Å². The highest BCUT2D eigenvalue weighted by Gasteiger charge is 2.50. The van der Waals surface area contributed by atoms with Crippen LogP contribution in [0.1, 0.15) is 38.2 Å². The first-order valence-electron chi connectivity index (χ1n) is 11.9. The highest BCUT2D eigenvalue weighted by molar-refractivity contribution is 6.22. The number of carbonyl (C=O) groups is 4.